The molecule has 0 atom stereocenters. The molecule has 0 aliphatic rings. The summed E-state index contributed by atoms with van der Waals surface area (Å²) >= 11 is 0. The van der Waals surface area contributed by atoms with E-state index in [1.54, 1.807) is 0 Å². The summed E-state index contributed by atoms with van der Waals surface area (Å²) in [4.78, 5) is 32.0. The fourth-order valence-corrected chi connectivity index (χ4v) is 2.14. The maximum Gasteiger partial charge on any atom is 0.416 e. The Morgan fingerprint density at radius 3 is 2.31 bits per heavy atom. The van der Waals surface area contributed by atoms with Gasteiger partial charge in [-0.3, -0.25) is 25.0 Å². The minimum Gasteiger partial charge on any atom is -0.326 e. The number of nitrogens with zero attached hydrogens (tertiary/aromatic N) is 2. The molecule has 0 saturated carbocycles. The summed E-state index contributed by atoms with van der Waals surface area (Å²) < 4.78 is 38.0. The molecule has 2 aromatic rings. The fourth-order valence-electron chi connectivity index (χ4n) is 2.14. The summed E-state index contributed by atoms with van der Waals surface area (Å²) in [7, 11) is 0. The van der Waals surface area contributed by atoms with E-state index >= 15 is 0 Å². The van der Waals surface area contributed by atoms with Gasteiger partial charge >= 0.3 is 6.18 Å². The number of carbonyl (C=O) groups is 1. The fraction of sp³-hybridized carbons (Fsp3) is 0.133. The summed E-state index contributed by atoms with van der Waals surface area (Å²) in [6.45, 7) is 0. The zero-order valence-corrected chi connectivity index (χ0v) is 12.8. The molecule has 0 aromatic heterocycles. The maximum atomic E-state index is 12.7. The predicted octanol–water partition coefficient (Wildman–Crippen LogP) is 3.70. The molecule has 0 heterocycles. The topological polar surface area (TPSA) is 115 Å². The van der Waals surface area contributed by atoms with Crippen LogP contribution in [0, 0.1) is 20.2 Å². The average molecular weight is 369 g/mol. The van der Waals surface area contributed by atoms with E-state index in [0.29, 0.717) is 6.07 Å². The first kappa shape index (κ1) is 18.8. The number of anilines is 1. The Balaban J connectivity index is 2.20. The molecule has 1 N–H and O–H groups in total. The van der Waals surface area contributed by atoms with Gasteiger partial charge in [0.05, 0.1) is 27.9 Å². The molecular formula is C15H10F3N3O5. The lowest BCUT2D eigenvalue weighted by Crippen LogP contribution is -2.16. The Kier molecular flexibility index (Phi) is 5.19. The summed E-state index contributed by atoms with van der Waals surface area (Å²) in [5.41, 5.74) is -2.34. The van der Waals surface area contributed by atoms with Crippen LogP contribution < -0.4 is 5.32 Å². The number of benzene rings is 2. The number of nitro groups is 2. The Bertz CT molecular complexity index is 883. The Morgan fingerprint density at radius 2 is 1.73 bits per heavy atom. The van der Waals surface area contributed by atoms with E-state index in [1.807, 2.05) is 0 Å². The average Bonchev–Trinajstić information content (AvgIpc) is 2.54. The molecular weight excluding hydrogens is 359 g/mol. The van der Waals surface area contributed by atoms with Gasteiger partial charge in [-0.15, -0.1) is 0 Å². The van der Waals surface area contributed by atoms with Crippen molar-refractivity contribution >= 4 is 23.0 Å². The lowest BCUT2D eigenvalue weighted by Gasteiger charge is -2.10. The Morgan fingerprint density at radius 1 is 1.04 bits per heavy atom. The number of alkyl halides is 3. The van der Waals surface area contributed by atoms with Gasteiger partial charge in [0.25, 0.3) is 11.4 Å². The first-order chi connectivity index (χ1) is 12.1. The first-order valence-electron chi connectivity index (χ1n) is 6.97. The molecule has 0 aliphatic heterocycles. The molecule has 136 valence electrons. The summed E-state index contributed by atoms with van der Waals surface area (Å²) in [5, 5.41) is 23.9. The predicted molar refractivity (Wildman–Crippen MR) is 83.5 cm³/mol. The van der Waals surface area contributed by atoms with E-state index in [4.69, 9.17) is 0 Å². The summed E-state index contributed by atoms with van der Waals surface area (Å²) in [6.07, 6.45) is -5.12. The van der Waals surface area contributed by atoms with E-state index in [1.165, 1.54) is 6.07 Å². The molecule has 8 nitrogen and oxygen atoms in total. The van der Waals surface area contributed by atoms with E-state index < -0.39 is 45.3 Å². The van der Waals surface area contributed by atoms with Crippen LogP contribution in [-0.4, -0.2) is 15.8 Å². The Hall–Kier alpha value is -3.50. The lowest BCUT2D eigenvalue weighted by atomic mass is 10.1. The first-order valence-corrected chi connectivity index (χ1v) is 6.97. The van der Waals surface area contributed by atoms with Crippen molar-refractivity contribution in [3.63, 3.8) is 0 Å². The standard InChI is InChI=1S/C15H10F3N3O5/c16-15(17,18)10-2-1-3-11(7-10)19-14(22)6-9-4-5-12(20(23)24)8-13(9)21(25)26/h1-5,7-8H,6H2,(H,19,22). The number of halogens is 3. The SMILES string of the molecule is O=C(Cc1ccc([N+](=O)[O-])cc1[N+](=O)[O-])Nc1cccc(C(F)(F)F)c1. The highest BCUT2D eigenvalue weighted by Gasteiger charge is 2.30. The third-order valence-electron chi connectivity index (χ3n) is 3.30. The number of nitro benzene ring substituents is 2. The number of non-ortho nitro benzene ring substituents is 1. The van der Waals surface area contributed by atoms with Crippen molar-refractivity contribution in [3.05, 3.63) is 73.8 Å². The van der Waals surface area contributed by atoms with Crippen LogP contribution in [-0.2, 0) is 17.4 Å². The van der Waals surface area contributed by atoms with Crippen LogP contribution in [0.1, 0.15) is 11.1 Å². The van der Waals surface area contributed by atoms with Crippen LogP contribution in [0.2, 0.25) is 0 Å². The normalized spacial score (nSPS) is 11.0. The van der Waals surface area contributed by atoms with Gasteiger partial charge in [-0.25, -0.2) is 0 Å². The monoisotopic (exact) mass is 369 g/mol. The van der Waals surface area contributed by atoms with Crippen molar-refractivity contribution < 1.29 is 27.8 Å². The van der Waals surface area contributed by atoms with E-state index in [2.05, 4.69) is 5.32 Å². The van der Waals surface area contributed by atoms with Crippen LogP contribution in [0.15, 0.2) is 42.5 Å². The second-order valence-electron chi connectivity index (χ2n) is 5.13. The molecule has 1 amide bonds. The van der Waals surface area contributed by atoms with Crippen molar-refractivity contribution in [1.29, 1.82) is 0 Å². The number of amides is 1. The lowest BCUT2D eigenvalue weighted by molar-refractivity contribution is -0.394. The van der Waals surface area contributed by atoms with Crippen molar-refractivity contribution in [2.75, 3.05) is 5.32 Å². The van der Waals surface area contributed by atoms with Crippen molar-refractivity contribution in [1.82, 2.24) is 0 Å². The van der Waals surface area contributed by atoms with Gasteiger partial charge in [0, 0.05) is 17.3 Å². The third-order valence-corrected chi connectivity index (χ3v) is 3.30. The third kappa shape index (κ3) is 4.53. The van der Waals surface area contributed by atoms with Crippen LogP contribution >= 0.6 is 0 Å². The van der Waals surface area contributed by atoms with Crippen molar-refractivity contribution in [2.45, 2.75) is 12.6 Å². The molecule has 0 unspecified atom stereocenters. The highest BCUT2D eigenvalue weighted by atomic mass is 19.4. The van der Waals surface area contributed by atoms with Gasteiger partial charge in [-0.05, 0) is 24.3 Å². The quantitative estimate of drug-likeness (QED) is 0.637. The van der Waals surface area contributed by atoms with Crippen LogP contribution in [0.4, 0.5) is 30.2 Å². The molecule has 0 spiro atoms. The largest absolute Gasteiger partial charge is 0.416 e. The molecule has 2 rings (SSSR count). The smallest absolute Gasteiger partial charge is 0.326 e. The number of hydrogen-bond acceptors (Lipinski definition) is 5. The molecule has 11 heteroatoms. The number of hydrogen-bond donors (Lipinski definition) is 1. The zero-order valence-electron chi connectivity index (χ0n) is 12.8. The summed E-state index contributed by atoms with van der Waals surface area (Å²) in [6, 6.07) is 6.66. The van der Waals surface area contributed by atoms with Crippen molar-refractivity contribution in [3.8, 4) is 0 Å². The zero-order chi connectivity index (χ0) is 19.5. The van der Waals surface area contributed by atoms with Gasteiger partial charge in [0.2, 0.25) is 5.91 Å². The van der Waals surface area contributed by atoms with Crippen LogP contribution in [0.25, 0.3) is 0 Å². The Labute approximate surface area is 143 Å². The van der Waals surface area contributed by atoms with E-state index in [-0.39, 0.29) is 11.3 Å². The number of rotatable bonds is 5. The molecule has 0 bridgehead atoms. The molecule has 0 aliphatic carbocycles. The van der Waals surface area contributed by atoms with Gasteiger partial charge in [0.1, 0.15) is 0 Å². The van der Waals surface area contributed by atoms with Gasteiger partial charge in [0.15, 0.2) is 0 Å². The van der Waals surface area contributed by atoms with Gasteiger partial charge in [-0.1, -0.05) is 6.07 Å². The number of nitrogens with one attached hydrogen (secondary N) is 1. The van der Waals surface area contributed by atoms with Crippen LogP contribution in [0.3, 0.4) is 0 Å². The summed E-state index contributed by atoms with van der Waals surface area (Å²) in [5.74, 6) is -0.804. The van der Waals surface area contributed by atoms with E-state index in [0.717, 1.165) is 30.3 Å². The van der Waals surface area contributed by atoms with Gasteiger partial charge in [-0.2, -0.15) is 13.2 Å². The van der Waals surface area contributed by atoms with Gasteiger partial charge < -0.3 is 5.32 Å². The van der Waals surface area contributed by atoms with E-state index in [9.17, 15) is 38.2 Å². The number of carbonyl (C=O) groups excluding carboxylic acids is 1. The molecule has 2 aromatic carbocycles. The highest BCUT2D eigenvalue weighted by Crippen LogP contribution is 2.31. The minimum absolute atomic E-state index is 0.106. The maximum absolute atomic E-state index is 12.7. The molecule has 0 radical (unpaired) electrons. The minimum atomic E-state index is -4.59. The second-order valence-corrected chi connectivity index (χ2v) is 5.13. The highest BCUT2D eigenvalue weighted by molar-refractivity contribution is 5.93. The molecule has 0 fully saturated rings. The van der Waals surface area contributed by atoms with Crippen LogP contribution in [0.5, 0.6) is 0 Å². The second kappa shape index (κ2) is 7.17. The van der Waals surface area contributed by atoms with Crippen molar-refractivity contribution in [2.24, 2.45) is 0 Å². The molecule has 0 saturated heterocycles. The molecule has 26 heavy (non-hydrogen) atoms.